The molecule has 7 heteroatoms. The monoisotopic (exact) mass is 427 g/mol. The number of hydrogen-bond acceptors (Lipinski definition) is 6. The van der Waals surface area contributed by atoms with Gasteiger partial charge in [0.05, 0.1) is 17.1 Å². The van der Waals surface area contributed by atoms with Crippen LogP contribution < -0.4 is 0 Å². The molecule has 1 N–H and O–H groups in total. The van der Waals surface area contributed by atoms with Crippen LogP contribution in [0.15, 0.2) is 0 Å². The summed E-state index contributed by atoms with van der Waals surface area (Å²) in [6.45, 7) is 9.90. The van der Waals surface area contributed by atoms with Gasteiger partial charge in [-0.1, -0.05) is 20.8 Å². The second-order valence-corrected chi connectivity index (χ2v) is 13.1. The van der Waals surface area contributed by atoms with Crippen LogP contribution in [0.4, 0.5) is 0 Å². The van der Waals surface area contributed by atoms with E-state index in [-0.39, 0.29) is 41.1 Å². The van der Waals surface area contributed by atoms with Gasteiger partial charge in [-0.3, -0.25) is 4.90 Å². The van der Waals surface area contributed by atoms with E-state index in [4.69, 9.17) is 9.47 Å². The first-order valence-corrected chi connectivity index (χ1v) is 13.4. The first kappa shape index (κ1) is 20.7. The van der Waals surface area contributed by atoms with Crippen molar-refractivity contribution in [3.8, 4) is 0 Å². The van der Waals surface area contributed by atoms with Gasteiger partial charge >= 0.3 is 0 Å². The van der Waals surface area contributed by atoms with E-state index in [1.54, 1.807) is 0 Å². The van der Waals surface area contributed by atoms with Gasteiger partial charge in [0, 0.05) is 19.0 Å². The Kier molecular flexibility index (Phi) is 4.74. The first-order chi connectivity index (χ1) is 13.6. The molecule has 6 nitrogen and oxygen atoms in total. The summed E-state index contributed by atoms with van der Waals surface area (Å²) < 4.78 is 37.1. The quantitative estimate of drug-likeness (QED) is 0.692. The molecule has 0 amide bonds. The van der Waals surface area contributed by atoms with E-state index in [9.17, 15) is 13.5 Å². The van der Waals surface area contributed by atoms with E-state index in [1.807, 2.05) is 0 Å². The van der Waals surface area contributed by atoms with Crippen LogP contribution in [0.25, 0.3) is 0 Å². The molecule has 10 atom stereocenters. The van der Waals surface area contributed by atoms with Gasteiger partial charge in [0.25, 0.3) is 0 Å². The maximum atomic E-state index is 12.2. The Hall–Kier alpha value is -0.210. The van der Waals surface area contributed by atoms with Crippen molar-refractivity contribution >= 4 is 9.84 Å². The van der Waals surface area contributed by atoms with Gasteiger partial charge < -0.3 is 14.6 Å². The number of rotatable bonds is 1. The molecule has 2 saturated carbocycles. The summed E-state index contributed by atoms with van der Waals surface area (Å²) in [4.78, 5) is 2.18. The molecular weight excluding hydrogens is 390 g/mol. The van der Waals surface area contributed by atoms with Gasteiger partial charge in [0.1, 0.15) is 11.8 Å². The molecule has 5 fully saturated rings. The van der Waals surface area contributed by atoms with E-state index in [1.165, 1.54) is 0 Å². The van der Waals surface area contributed by atoms with E-state index in [0.29, 0.717) is 30.8 Å². The number of hydrogen-bond donors (Lipinski definition) is 1. The summed E-state index contributed by atoms with van der Waals surface area (Å²) in [5.74, 6) is 2.35. The van der Waals surface area contributed by atoms with Crippen molar-refractivity contribution in [2.45, 2.75) is 77.1 Å². The summed E-state index contributed by atoms with van der Waals surface area (Å²) in [6, 6.07) is 0. The lowest BCUT2D eigenvalue weighted by atomic mass is 9.57. The zero-order chi connectivity index (χ0) is 20.8. The lowest BCUT2D eigenvalue weighted by Gasteiger charge is -2.60. The minimum absolute atomic E-state index is 0.125. The Morgan fingerprint density at radius 3 is 2.28 bits per heavy atom. The lowest BCUT2D eigenvalue weighted by Crippen LogP contribution is -2.70. The molecule has 2 aliphatic carbocycles. The fraction of sp³-hybridized carbons (Fsp3) is 1.00. The minimum atomic E-state index is -2.94. The van der Waals surface area contributed by atoms with Gasteiger partial charge in [-0.2, -0.15) is 0 Å². The highest BCUT2D eigenvalue weighted by molar-refractivity contribution is 7.91. The number of fused-ring (bicyclic) bond motifs is 1. The zero-order valence-corrected chi connectivity index (χ0v) is 19.0. The Bertz CT molecular complexity index is 759. The molecule has 2 unspecified atom stereocenters. The van der Waals surface area contributed by atoms with Crippen LogP contribution in [0.2, 0.25) is 0 Å². The zero-order valence-electron chi connectivity index (χ0n) is 18.2. The van der Waals surface area contributed by atoms with E-state index in [0.717, 1.165) is 25.7 Å². The SMILES string of the molecule is C[C@@H]1CCC2[C@@H](C)[C@H](N3CCS(=O)(=O)CC3)O[C@@H]3O[C@@]4(C)C(CC[C@H]1[C@@]23O)[C@@H]4C. The lowest BCUT2D eigenvalue weighted by molar-refractivity contribution is -0.377. The first-order valence-electron chi connectivity index (χ1n) is 11.6. The van der Waals surface area contributed by atoms with Gasteiger partial charge in [-0.25, -0.2) is 8.42 Å². The molecule has 3 saturated heterocycles. The normalized spacial score (nSPS) is 57.1. The van der Waals surface area contributed by atoms with Crippen LogP contribution in [0, 0.1) is 35.5 Å². The third-order valence-electron chi connectivity index (χ3n) is 9.56. The van der Waals surface area contributed by atoms with Crippen LogP contribution in [-0.4, -0.2) is 66.7 Å². The van der Waals surface area contributed by atoms with Crippen LogP contribution in [0.5, 0.6) is 0 Å². The molecule has 0 aromatic carbocycles. The molecule has 0 aromatic rings. The predicted molar refractivity (Wildman–Crippen MR) is 110 cm³/mol. The summed E-state index contributed by atoms with van der Waals surface area (Å²) in [5, 5.41) is 12.2. The van der Waals surface area contributed by atoms with Crippen LogP contribution in [-0.2, 0) is 19.3 Å². The summed E-state index contributed by atoms with van der Waals surface area (Å²) >= 11 is 0. The highest BCUT2D eigenvalue weighted by atomic mass is 32.2. The Labute approximate surface area is 175 Å². The summed E-state index contributed by atoms with van der Waals surface area (Å²) in [7, 11) is -2.94. The Morgan fingerprint density at radius 1 is 0.966 bits per heavy atom. The highest BCUT2D eigenvalue weighted by Crippen LogP contribution is 2.63. The van der Waals surface area contributed by atoms with Crippen molar-refractivity contribution in [1.29, 1.82) is 0 Å². The van der Waals surface area contributed by atoms with E-state index < -0.39 is 21.7 Å². The molecule has 0 aromatic heterocycles. The maximum Gasteiger partial charge on any atom is 0.189 e. The number of sulfone groups is 1. The summed E-state index contributed by atoms with van der Waals surface area (Å²) in [6.07, 6.45) is 3.46. The average molecular weight is 428 g/mol. The molecule has 166 valence electrons. The van der Waals surface area contributed by atoms with Crippen molar-refractivity contribution < 1.29 is 23.0 Å². The molecule has 3 aliphatic heterocycles. The fourth-order valence-electron chi connectivity index (χ4n) is 7.36. The van der Waals surface area contributed by atoms with Crippen LogP contribution >= 0.6 is 0 Å². The van der Waals surface area contributed by atoms with Gasteiger partial charge in [-0.05, 0) is 62.2 Å². The van der Waals surface area contributed by atoms with Crippen molar-refractivity contribution in [3.63, 3.8) is 0 Å². The topological polar surface area (TPSA) is 76.1 Å². The Balaban J connectivity index is 1.47. The predicted octanol–water partition coefficient (Wildman–Crippen LogP) is 2.26. The molecule has 0 bridgehead atoms. The molecule has 3 heterocycles. The van der Waals surface area contributed by atoms with Crippen LogP contribution in [0.3, 0.4) is 0 Å². The third-order valence-corrected chi connectivity index (χ3v) is 11.2. The van der Waals surface area contributed by atoms with Crippen LogP contribution in [0.1, 0.15) is 53.4 Å². The highest BCUT2D eigenvalue weighted by Gasteiger charge is 2.69. The molecule has 29 heavy (non-hydrogen) atoms. The van der Waals surface area contributed by atoms with Crippen molar-refractivity contribution in [2.75, 3.05) is 24.6 Å². The standard InChI is InChI=1S/C22H37NO5S/c1-13-5-6-17-14(2)19(23-9-11-29(25,26)12-10-23)27-20-22(17,24)16(13)7-8-18-15(3)21(18,4)28-20/h13-20,24H,5-12H2,1-4H3/t13-,14-,15+,16-,17?,18?,19-,20-,21-,22-/m1/s1. The molecule has 5 aliphatic rings. The van der Waals surface area contributed by atoms with Gasteiger partial charge in [-0.15, -0.1) is 0 Å². The molecule has 0 radical (unpaired) electrons. The second kappa shape index (κ2) is 6.64. The third kappa shape index (κ3) is 2.98. The van der Waals surface area contributed by atoms with Crippen molar-refractivity contribution in [2.24, 2.45) is 35.5 Å². The molecule has 5 rings (SSSR count). The molecule has 0 spiro atoms. The minimum Gasteiger partial charge on any atom is -0.384 e. The van der Waals surface area contributed by atoms with Gasteiger partial charge in [0.2, 0.25) is 0 Å². The number of aliphatic hydroxyl groups is 1. The van der Waals surface area contributed by atoms with Crippen molar-refractivity contribution in [1.82, 2.24) is 4.90 Å². The average Bonchev–Trinajstić information content (AvgIpc) is 3.15. The van der Waals surface area contributed by atoms with E-state index >= 15 is 0 Å². The number of ether oxygens (including phenoxy) is 2. The molecular formula is C22H37NO5S. The van der Waals surface area contributed by atoms with Crippen molar-refractivity contribution in [3.05, 3.63) is 0 Å². The number of nitrogens with zero attached hydrogens (tertiary/aromatic N) is 1. The summed E-state index contributed by atoms with van der Waals surface area (Å²) in [5.41, 5.74) is -1.17. The van der Waals surface area contributed by atoms with Gasteiger partial charge in [0.15, 0.2) is 16.1 Å². The smallest absolute Gasteiger partial charge is 0.189 e. The van der Waals surface area contributed by atoms with E-state index in [2.05, 4.69) is 32.6 Å². The fourth-order valence-corrected chi connectivity index (χ4v) is 8.59. The second-order valence-electron chi connectivity index (χ2n) is 10.8. The maximum absolute atomic E-state index is 12.2. The largest absolute Gasteiger partial charge is 0.384 e. The Morgan fingerprint density at radius 2 is 1.59 bits per heavy atom.